The third-order valence-electron chi connectivity index (χ3n) is 6.76. The molecule has 35 heavy (non-hydrogen) atoms. The van der Waals surface area contributed by atoms with E-state index in [1.165, 1.54) is 44.9 Å². The molecule has 0 saturated carbocycles. The summed E-state index contributed by atoms with van der Waals surface area (Å²) in [6.45, 7) is 8.53. The van der Waals surface area contributed by atoms with Crippen molar-refractivity contribution < 1.29 is 9.53 Å². The molecule has 0 N–H and O–H groups in total. The summed E-state index contributed by atoms with van der Waals surface area (Å²) in [7, 11) is 1.42. The SMILES string of the molecule is COC(=O)c1ccc(N2B(c3c(C)cc(C)cc3C)C=CC=C2c2ccc3sccc3c2)cc1C. The van der Waals surface area contributed by atoms with Gasteiger partial charge in [0.25, 0.3) is 0 Å². The number of aryl methyl sites for hydroxylation is 4. The van der Waals surface area contributed by atoms with Crippen LogP contribution in [0.5, 0.6) is 0 Å². The van der Waals surface area contributed by atoms with Crippen molar-refractivity contribution in [1.29, 1.82) is 0 Å². The molecule has 0 unspecified atom stereocenters. The van der Waals surface area contributed by atoms with Crippen LogP contribution in [0, 0.1) is 27.7 Å². The van der Waals surface area contributed by atoms with E-state index in [9.17, 15) is 4.79 Å². The topological polar surface area (TPSA) is 29.5 Å². The van der Waals surface area contributed by atoms with Crippen molar-refractivity contribution in [3.05, 3.63) is 111 Å². The molecule has 0 spiro atoms. The molecular formula is C30H28BNO2S. The van der Waals surface area contributed by atoms with Gasteiger partial charge in [0.15, 0.2) is 0 Å². The highest BCUT2D eigenvalue weighted by Gasteiger charge is 2.32. The van der Waals surface area contributed by atoms with Gasteiger partial charge in [0.2, 0.25) is 0 Å². The molecule has 0 bridgehead atoms. The molecule has 1 aromatic heterocycles. The fourth-order valence-electron chi connectivity index (χ4n) is 5.25. The van der Waals surface area contributed by atoms with Crippen LogP contribution in [0.1, 0.15) is 38.2 Å². The number of carbonyl (C=O) groups excluding carboxylic acids is 1. The first-order chi connectivity index (χ1) is 16.9. The lowest BCUT2D eigenvalue weighted by atomic mass is 9.50. The Kier molecular flexibility index (Phi) is 6.12. The zero-order valence-electron chi connectivity index (χ0n) is 20.8. The van der Waals surface area contributed by atoms with Gasteiger partial charge in [-0.3, -0.25) is 0 Å². The van der Waals surface area contributed by atoms with Crippen LogP contribution in [0.2, 0.25) is 0 Å². The average molecular weight is 477 g/mol. The van der Waals surface area contributed by atoms with Gasteiger partial charge in [-0.1, -0.05) is 46.9 Å². The molecule has 5 rings (SSSR count). The third-order valence-corrected chi connectivity index (χ3v) is 7.66. The first kappa shape index (κ1) is 23.2. The van der Waals surface area contributed by atoms with Crippen LogP contribution in [0.25, 0.3) is 15.8 Å². The summed E-state index contributed by atoms with van der Waals surface area (Å²) in [5, 5.41) is 3.39. The maximum absolute atomic E-state index is 12.3. The molecule has 1 aliphatic rings. The Bertz CT molecular complexity index is 1490. The monoisotopic (exact) mass is 477 g/mol. The number of hydrogen-bond donors (Lipinski definition) is 0. The summed E-state index contributed by atoms with van der Waals surface area (Å²) in [4.78, 5) is 14.7. The second kappa shape index (κ2) is 9.24. The minimum absolute atomic E-state index is 0.0251. The lowest BCUT2D eigenvalue weighted by molar-refractivity contribution is 0.0600. The molecular weight excluding hydrogens is 449 g/mol. The van der Waals surface area contributed by atoms with Crippen LogP contribution in [0.3, 0.4) is 0 Å². The first-order valence-corrected chi connectivity index (χ1v) is 12.7. The largest absolute Gasteiger partial charge is 0.465 e. The van der Waals surface area contributed by atoms with Crippen molar-refractivity contribution in [3.8, 4) is 0 Å². The van der Waals surface area contributed by atoms with Gasteiger partial charge in [-0.25, -0.2) is 4.79 Å². The summed E-state index contributed by atoms with van der Waals surface area (Å²) < 4.78 is 6.27. The Labute approximate surface area is 211 Å². The van der Waals surface area contributed by atoms with E-state index in [-0.39, 0.29) is 12.8 Å². The van der Waals surface area contributed by atoms with Crippen molar-refractivity contribution in [2.75, 3.05) is 11.9 Å². The van der Waals surface area contributed by atoms with Crippen molar-refractivity contribution in [3.63, 3.8) is 0 Å². The Morgan fingerprint density at radius 1 is 0.914 bits per heavy atom. The molecule has 0 radical (unpaired) electrons. The summed E-state index contributed by atoms with van der Waals surface area (Å²) in [6.07, 6.45) is 4.36. The number of nitrogens with zero attached hydrogens (tertiary/aromatic N) is 1. The minimum Gasteiger partial charge on any atom is -0.465 e. The van der Waals surface area contributed by atoms with Gasteiger partial charge in [-0.2, -0.15) is 0 Å². The van der Waals surface area contributed by atoms with Crippen LogP contribution in [-0.4, -0.2) is 19.9 Å². The quantitative estimate of drug-likeness (QED) is 0.240. The first-order valence-electron chi connectivity index (χ1n) is 11.8. The zero-order chi connectivity index (χ0) is 24.7. The second-order valence-electron chi connectivity index (χ2n) is 9.23. The second-order valence-corrected chi connectivity index (χ2v) is 10.2. The van der Waals surface area contributed by atoms with E-state index in [1.807, 2.05) is 19.1 Å². The summed E-state index contributed by atoms with van der Waals surface area (Å²) in [5.74, 6) is 1.95. The molecule has 0 saturated heterocycles. The molecule has 4 aromatic rings. The molecule has 2 heterocycles. The van der Waals surface area contributed by atoms with Crippen LogP contribution in [-0.2, 0) is 4.74 Å². The maximum atomic E-state index is 12.3. The van der Waals surface area contributed by atoms with E-state index < -0.39 is 0 Å². The van der Waals surface area contributed by atoms with Crippen LogP contribution >= 0.6 is 11.3 Å². The van der Waals surface area contributed by atoms with Gasteiger partial charge in [0.05, 0.1) is 12.7 Å². The van der Waals surface area contributed by atoms with Gasteiger partial charge < -0.3 is 9.55 Å². The normalized spacial score (nSPS) is 13.3. The number of benzene rings is 3. The maximum Gasteiger partial charge on any atom is 0.338 e. The lowest BCUT2D eigenvalue weighted by Gasteiger charge is -2.36. The molecule has 0 atom stereocenters. The number of fused-ring (bicyclic) bond motifs is 1. The lowest BCUT2D eigenvalue weighted by Crippen LogP contribution is -2.49. The molecule has 1 aliphatic heterocycles. The van der Waals surface area contributed by atoms with Crippen molar-refractivity contribution in [2.45, 2.75) is 27.7 Å². The number of thiophene rings is 1. The van der Waals surface area contributed by atoms with E-state index in [1.54, 1.807) is 11.3 Å². The number of carbonyl (C=O) groups is 1. The molecule has 3 aromatic carbocycles. The van der Waals surface area contributed by atoms with Gasteiger partial charge in [0.1, 0.15) is 0 Å². The average Bonchev–Trinajstić information content (AvgIpc) is 3.31. The van der Waals surface area contributed by atoms with Crippen LogP contribution in [0.15, 0.2) is 78.1 Å². The van der Waals surface area contributed by atoms with E-state index in [4.69, 9.17) is 4.74 Å². The summed E-state index contributed by atoms with van der Waals surface area (Å²) >= 11 is 1.76. The third kappa shape index (κ3) is 4.21. The molecule has 0 amide bonds. The predicted octanol–water partition coefficient (Wildman–Crippen LogP) is 6.78. The fourth-order valence-corrected chi connectivity index (χ4v) is 6.02. The number of anilines is 1. The number of hydrogen-bond acceptors (Lipinski definition) is 4. The standard InChI is InChI=1S/C30H28BNO2S/c1-19-15-21(3)29(22(4)16-19)31-13-6-7-27(23-8-11-28-24(18-23)12-14-35-28)32(31)25-9-10-26(20(2)17-25)30(33)34-5/h6-18H,1-5H3. The number of ether oxygens (including phenoxy) is 1. The van der Waals surface area contributed by atoms with E-state index >= 15 is 0 Å². The highest BCUT2D eigenvalue weighted by molar-refractivity contribution is 7.17. The highest BCUT2D eigenvalue weighted by atomic mass is 32.1. The fraction of sp³-hybridized carbons (Fsp3) is 0.167. The van der Waals surface area contributed by atoms with Crippen molar-refractivity contribution >= 4 is 51.1 Å². The van der Waals surface area contributed by atoms with Crippen LogP contribution < -0.4 is 10.3 Å². The van der Waals surface area contributed by atoms with E-state index in [0.717, 1.165) is 16.9 Å². The summed E-state index contributed by atoms with van der Waals surface area (Å²) in [6, 6.07) is 19.4. The zero-order valence-corrected chi connectivity index (χ0v) is 21.6. The Hall–Kier alpha value is -3.57. The number of esters is 1. The molecule has 0 fully saturated rings. The van der Waals surface area contributed by atoms with E-state index in [0.29, 0.717) is 5.56 Å². The van der Waals surface area contributed by atoms with Crippen molar-refractivity contribution in [2.24, 2.45) is 0 Å². The Balaban J connectivity index is 1.70. The summed E-state index contributed by atoms with van der Waals surface area (Å²) in [5.41, 5.74) is 9.97. The number of rotatable bonds is 4. The van der Waals surface area contributed by atoms with Gasteiger partial charge in [-0.05, 0) is 97.5 Å². The Morgan fingerprint density at radius 2 is 1.69 bits per heavy atom. The van der Waals surface area contributed by atoms with Crippen molar-refractivity contribution in [1.82, 2.24) is 0 Å². The molecule has 3 nitrogen and oxygen atoms in total. The smallest absolute Gasteiger partial charge is 0.338 e. The molecule has 0 aliphatic carbocycles. The highest BCUT2D eigenvalue weighted by Crippen LogP contribution is 2.34. The molecule has 174 valence electrons. The molecule has 5 heteroatoms. The predicted molar refractivity (Wildman–Crippen MR) is 150 cm³/mol. The number of methoxy groups -OCH3 is 1. The number of allylic oxidation sites excluding steroid dienone is 2. The Morgan fingerprint density at radius 3 is 2.40 bits per heavy atom. The van der Waals surface area contributed by atoms with Gasteiger partial charge >= 0.3 is 12.8 Å². The van der Waals surface area contributed by atoms with E-state index in [2.05, 4.69) is 91.6 Å². The van der Waals surface area contributed by atoms with Gasteiger partial charge in [-0.15, -0.1) is 11.3 Å². The minimum atomic E-state index is -0.312. The van der Waals surface area contributed by atoms with Gasteiger partial charge in [0, 0.05) is 16.1 Å². The van der Waals surface area contributed by atoms with Crippen LogP contribution in [0.4, 0.5) is 5.69 Å².